The fourth-order valence-corrected chi connectivity index (χ4v) is 2.27. The quantitative estimate of drug-likeness (QED) is 0.858. The maximum atomic E-state index is 11.7. The molecule has 0 aromatic carbocycles. The first-order valence-corrected chi connectivity index (χ1v) is 6.22. The minimum Gasteiger partial charge on any atom is -0.376 e. The van der Waals surface area contributed by atoms with Gasteiger partial charge in [0.15, 0.2) is 0 Å². The molecule has 1 aliphatic heterocycles. The number of nitrogens with two attached hydrogens (primary N) is 1. The Hall–Kier alpha value is -0.690. The number of thiazole rings is 1. The van der Waals surface area contributed by atoms with E-state index in [1.165, 1.54) is 11.3 Å². The second-order valence-corrected chi connectivity index (χ2v) is 4.62. The Balaban J connectivity index is 0.00000144. The lowest BCUT2D eigenvalue weighted by atomic mass is 10.2. The summed E-state index contributed by atoms with van der Waals surface area (Å²) in [6, 6.07) is 0. The Morgan fingerprint density at radius 3 is 3.12 bits per heavy atom. The van der Waals surface area contributed by atoms with Gasteiger partial charge < -0.3 is 15.8 Å². The van der Waals surface area contributed by atoms with E-state index in [2.05, 4.69) is 10.3 Å². The van der Waals surface area contributed by atoms with Crippen LogP contribution in [0.1, 0.15) is 28.3 Å². The van der Waals surface area contributed by atoms with E-state index in [-0.39, 0.29) is 24.4 Å². The molecular weight excluding hydrogens is 262 g/mol. The molecule has 1 aliphatic rings. The third-order valence-electron chi connectivity index (χ3n) is 2.47. The summed E-state index contributed by atoms with van der Waals surface area (Å²) in [6.45, 7) is 1.74. The van der Waals surface area contributed by atoms with Crippen LogP contribution in [0.5, 0.6) is 0 Å². The highest BCUT2D eigenvalue weighted by Gasteiger charge is 2.17. The highest BCUT2D eigenvalue weighted by Crippen LogP contribution is 2.12. The van der Waals surface area contributed by atoms with Crippen molar-refractivity contribution in [3.63, 3.8) is 0 Å². The van der Waals surface area contributed by atoms with Gasteiger partial charge in [0.1, 0.15) is 10.7 Å². The number of hydrogen-bond acceptors (Lipinski definition) is 5. The zero-order chi connectivity index (χ0) is 11.4. The molecule has 1 amide bonds. The predicted octanol–water partition coefficient (Wildman–Crippen LogP) is 0.932. The molecule has 1 atom stereocenters. The first kappa shape index (κ1) is 14.4. The van der Waals surface area contributed by atoms with Gasteiger partial charge in [-0.1, -0.05) is 0 Å². The summed E-state index contributed by atoms with van der Waals surface area (Å²) < 4.78 is 5.41. The highest BCUT2D eigenvalue weighted by atomic mass is 35.5. The van der Waals surface area contributed by atoms with E-state index in [9.17, 15) is 4.79 Å². The highest BCUT2D eigenvalue weighted by molar-refractivity contribution is 7.09. The van der Waals surface area contributed by atoms with Crippen molar-refractivity contribution in [1.82, 2.24) is 10.3 Å². The summed E-state index contributed by atoms with van der Waals surface area (Å²) in [4.78, 5) is 15.8. The predicted molar refractivity (Wildman–Crippen MR) is 68.6 cm³/mol. The first-order chi connectivity index (χ1) is 7.79. The van der Waals surface area contributed by atoms with Crippen LogP contribution in [0.15, 0.2) is 5.38 Å². The molecule has 0 radical (unpaired) electrons. The number of nitrogens with one attached hydrogen (secondary N) is 1. The fourth-order valence-electron chi connectivity index (χ4n) is 1.61. The van der Waals surface area contributed by atoms with Gasteiger partial charge in [0.05, 0.1) is 6.10 Å². The van der Waals surface area contributed by atoms with Crippen molar-refractivity contribution in [2.45, 2.75) is 25.5 Å². The van der Waals surface area contributed by atoms with Crippen LogP contribution in [0.25, 0.3) is 0 Å². The van der Waals surface area contributed by atoms with Crippen molar-refractivity contribution in [2.75, 3.05) is 13.2 Å². The molecule has 1 saturated heterocycles. The van der Waals surface area contributed by atoms with Gasteiger partial charge in [0.25, 0.3) is 5.91 Å². The van der Waals surface area contributed by atoms with Crippen LogP contribution in [0.4, 0.5) is 0 Å². The molecule has 0 aliphatic carbocycles. The van der Waals surface area contributed by atoms with Crippen molar-refractivity contribution in [1.29, 1.82) is 0 Å². The summed E-state index contributed by atoms with van der Waals surface area (Å²) in [6.07, 6.45) is 2.26. The molecule has 0 saturated carbocycles. The lowest BCUT2D eigenvalue weighted by Gasteiger charge is -2.09. The molecule has 1 fully saturated rings. The average molecular weight is 278 g/mol. The third kappa shape index (κ3) is 3.92. The van der Waals surface area contributed by atoms with Crippen molar-refractivity contribution < 1.29 is 9.53 Å². The van der Waals surface area contributed by atoms with E-state index in [0.717, 1.165) is 24.5 Å². The van der Waals surface area contributed by atoms with Gasteiger partial charge in [-0.3, -0.25) is 4.79 Å². The standard InChI is InChI=1S/C10H15N3O2S.ClH/c11-4-9-13-8(6-16-9)10(14)12-5-7-2-1-3-15-7;/h6-7H,1-5,11H2,(H,12,14);1H. The van der Waals surface area contributed by atoms with Crippen molar-refractivity contribution in [2.24, 2.45) is 5.73 Å². The topological polar surface area (TPSA) is 77.2 Å². The first-order valence-electron chi connectivity index (χ1n) is 5.34. The summed E-state index contributed by atoms with van der Waals surface area (Å²) >= 11 is 1.41. The van der Waals surface area contributed by atoms with Gasteiger partial charge >= 0.3 is 0 Å². The summed E-state index contributed by atoms with van der Waals surface area (Å²) in [5, 5.41) is 5.33. The fraction of sp³-hybridized carbons (Fsp3) is 0.600. The number of hydrogen-bond donors (Lipinski definition) is 2. The number of ether oxygens (including phenoxy) is 1. The number of rotatable bonds is 4. The van der Waals surface area contributed by atoms with Gasteiger partial charge in [0.2, 0.25) is 0 Å². The lowest BCUT2D eigenvalue weighted by molar-refractivity contribution is 0.0854. The van der Waals surface area contributed by atoms with Crippen LogP contribution in [-0.4, -0.2) is 30.1 Å². The van der Waals surface area contributed by atoms with Crippen LogP contribution < -0.4 is 11.1 Å². The van der Waals surface area contributed by atoms with Gasteiger partial charge in [-0.15, -0.1) is 23.7 Å². The van der Waals surface area contributed by atoms with Crippen LogP contribution >= 0.6 is 23.7 Å². The van der Waals surface area contributed by atoms with E-state index in [1.807, 2.05) is 0 Å². The molecule has 0 bridgehead atoms. The Morgan fingerprint density at radius 1 is 1.71 bits per heavy atom. The molecule has 96 valence electrons. The summed E-state index contributed by atoms with van der Waals surface area (Å²) in [5.74, 6) is -0.147. The van der Waals surface area contributed by atoms with Gasteiger partial charge in [-0.05, 0) is 12.8 Å². The molecule has 17 heavy (non-hydrogen) atoms. The van der Waals surface area contributed by atoms with Crippen molar-refractivity contribution in [3.05, 3.63) is 16.1 Å². The number of carbonyl (C=O) groups is 1. The van der Waals surface area contributed by atoms with Crippen molar-refractivity contribution in [3.8, 4) is 0 Å². The third-order valence-corrected chi connectivity index (χ3v) is 3.34. The normalized spacial score (nSPS) is 18.8. The van der Waals surface area contributed by atoms with Gasteiger partial charge in [-0.2, -0.15) is 0 Å². The number of carbonyl (C=O) groups excluding carboxylic acids is 1. The van der Waals surface area contributed by atoms with E-state index >= 15 is 0 Å². The van der Waals surface area contributed by atoms with Crippen LogP contribution in [0.2, 0.25) is 0 Å². The van der Waals surface area contributed by atoms with E-state index in [0.29, 0.717) is 18.8 Å². The summed E-state index contributed by atoms with van der Waals surface area (Å²) in [5.41, 5.74) is 5.88. The molecule has 5 nitrogen and oxygen atoms in total. The minimum absolute atomic E-state index is 0. The van der Waals surface area contributed by atoms with E-state index in [1.54, 1.807) is 5.38 Å². The maximum Gasteiger partial charge on any atom is 0.270 e. The number of halogens is 1. The van der Waals surface area contributed by atoms with Crippen LogP contribution in [-0.2, 0) is 11.3 Å². The summed E-state index contributed by atoms with van der Waals surface area (Å²) in [7, 11) is 0. The molecule has 0 spiro atoms. The molecule has 7 heteroatoms. The average Bonchev–Trinajstić information content (AvgIpc) is 2.96. The maximum absolute atomic E-state index is 11.7. The Morgan fingerprint density at radius 2 is 2.53 bits per heavy atom. The molecular formula is C10H16ClN3O2S. The van der Waals surface area contributed by atoms with Crippen molar-refractivity contribution >= 4 is 29.7 Å². The van der Waals surface area contributed by atoms with Crippen LogP contribution in [0, 0.1) is 0 Å². The molecule has 1 aromatic heterocycles. The van der Waals surface area contributed by atoms with E-state index in [4.69, 9.17) is 10.5 Å². The second-order valence-electron chi connectivity index (χ2n) is 3.68. The smallest absolute Gasteiger partial charge is 0.270 e. The number of amides is 1. The number of aromatic nitrogens is 1. The number of nitrogens with zero attached hydrogens (tertiary/aromatic N) is 1. The molecule has 1 unspecified atom stereocenters. The van der Waals surface area contributed by atoms with Crippen LogP contribution in [0.3, 0.4) is 0 Å². The Bertz CT molecular complexity index is 366. The lowest BCUT2D eigenvalue weighted by Crippen LogP contribution is -2.31. The SMILES string of the molecule is Cl.NCc1nc(C(=O)NCC2CCCO2)cs1. The molecule has 2 rings (SSSR count). The second kappa shape index (κ2) is 6.90. The Labute approximate surface area is 110 Å². The molecule has 1 aromatic rings. The molecule has 2 heterocycles. The largest absolute Gasteiger partial charge is 0.376 e. The Kier molecular flexibility index (Phi) is 5.84. The van der Waals surface area contributed by atoms with Gasteiger partial charge in [-0.25, -0.2) is 4.98 Å². The monoisotopic (exact) mass is 277 g/mol. The zero-order valence-corrected chi connectivity index (χ0v) is 11.0. The molecule has 3 N–H and O–H groups in total. The zero-order valence-electron chi connectivity index (χ0n) is 9.35. The van der Waals surface area contributed by atoms with E-state index < -0.39 is 0 Å². The van der Waals surface area contributed by atoms with Gasteiger partial charge in [0, 0.05) is 25.1 Å². The minimum atomic E-state index is -0.147.